The van der Waals surface area contributed by atoms with Crippen molar-refractivity contribution in [3.63, 3.8) is 0 Å². The van der Waals surface area contributed by atoms with E-state index in [0.717, 1.165) is 6.26 Å². The third-order valence-corrected chi connectivity index (χ3v) is 5.13. The zero-order valence-corrected chi connectivity index (χ0v) is 15.4. The molecule has 0 saturated heterocycles. The molecule has 2 heterocycles. The zero-order chi connectivity index (χ0) is 20.1. The van der Waals surface area contributed by atoms with E-state index in [1.807, 2.05) is 0 Å². The van der Waals surface area contributed by atoms with Gasteiger partial charge in [-0.25, -0.2) is 26.0 Å². The number of hydrogen-bond donors (Lipinski definition) is 2. The maximum absolute atomic E-state index is 14.1. The van der Waals surface area contributed by atoms with Crippen LogP contribution in [0.5, 0.6) is 0 Å². The number of halogens is 4. The van der Waals surface area contributed by atoms with Crippen molar-refractivity contribution in [2.45, 2.75) is 25.3 Å². The molecule has 1 aliphatic heterocycles. The average Bonchev–Trinajstić information content (AvgIpc) is 3.06. The van der Waals surface area contributed by atoms with Gasteiger partial charge in [0.05, 0.1) is 12.7 Å². The third-order valence-electron chi connectivity index (χ3n) is 4.21. The van der Waals surface area contributed by atoms with Gasteiger partial charge in [-0.2, -0.15) is 0 Å². The first-order chi connectivity index (χ1) is 12.5. The van der Waals surface area contributed by atoms with Crippen LogP contribution in [0.25, 0.3) is 0 Å². The fraction of sp³-hybridized carbons (Fsp3) is 0.333. The van der Waals surface area contributed by atoms with Gasteiger partial charge in [-0.1, -0.05) is 0 Å². The van der Waals surface area contributed by atoms with Crippen LogP contribution >= 0.6 is 12.2 Å². The summed E-state index contributed by atoms with van der Waals surface area (Å²) in [5.41, 5.74) is -0.0457. The minimum absolute atomic E-state index is 0.0363. The number of nitrogens with one attached hydrogen (secondary N) is 2. The van der Waals surface area contributed by atoms with Gasteiger partial charge in [-0.15, -0.1) is 0 Å². The Morgan fingerprint density at radius 1 is 1.30 bits per heavy atom. The van der Waals surface area contributed by atoms with E-state index in [9.17, 15) is 30.8 Å². The summed E-state index contributed by atoms with van der Waals surface area (Å²) in [6, 6.07) is 0.136. The van der Waals surface area contributed by atoms with Crippen LogP contribution in [-0.4, -0.2) is 30.1 Å². The Labute approximate surface area is 156 Å². The van der Waals surface area contributed by atoms with E-state index in [1.165, 1.54) is 4.57 Å². The lowest BCUT2D eigenvalue weighted by Crippen LogP contribution is -2.31. The number of imidazole rings is 1. The van der Waals surface area contributed by atoms with Gasteiger partial charge in [-0.3, -0.25) is 9.52 Å². The van der Waals surface area contributed by atoms with Crippen LogP contribution in [0.2, 0.25) is 0 Å². The summed E-state index contributed by atoms with van der Waals surface area (Å²) in [5, 5.41) is 0. The average molecular weight is 423 g/mol. The van der Waals surface area contributed by atoms with Crippen molar-refractivity contribution in [2.24, 2.45) is 0 Å². The highest BCUT2D eigenvalue weighted by atomic mass is 32.2. The molecule has 1 aliphatic rings. The maximum atomic E-state index is 14.1. The van der Waals surface area contributed by atoms with E-state index in [1.54, 1.807) is 4.72 Å². The number of benzene rings is 1. The minimum atomic E-state index is -3.75. The van der Waals surface area contributed by atoms with Crippen molar-refractivity contribution in [1.29, 1.82) is 0 Å². The molecular formula is C15H13F4N3O3S2. The summed E-state index contributed by atoms with van der Waals surface area (Å²) in [4.78, 5) is 14.6. The van der Waals surface area contributed by atoms with Gasteiger partial charge in [-0.05, 0) is 18.6 Å². The Morgan fingerprint density at radius 3 is 2.44 bits per heavy atom. The monoisotopic (exact) mass is 423 g/mol. The van der Waals surface area contributed by atoms with Gasteiger partial charge in [0, 0.05) is 35.5 Å². The van der Waals surface area contributed by atoms with Crippen LogP contribution in [0.3, 0.4) is 0 Å². The predicted octanol–water partition coefficient (Wildman–Crippen LogP) is 2.06. The summed E-state index contributed by atoms with van der Waals surface area (Å²) in [5.74, 6) is -7.71. The number of sulfonamides is 1. The number of rotatable bonds is 4. The Bertz CT molecular complexity index is 1080. The van der Waals surface area contributed by atoms with Crippen molar-refractivity contribution in [1.82, 2.24) is 14.3 Å². The van der Waals surface area contributed by atoms with E-state index in [4.69, 9.17) is 12.2 Å². The number of aromatic amines is 1. The van der Waals surface area contributed by atoms with E-state index < -0.39 is 50.7 Å². The van der Waals surface area contributed by atoms with E-state index in [0.29, 0.717) is 5.69 Å². The molecule has 0 radical (unpaired) electrons. The third kappa shape index (κ3) is 3.76. The van der Waals surface area contributed by atoms with Crippen LogP contribution in [0, 0.1) is 28.0 Å². The number of hydrogen-bond acceptors (Lipinski definition) is 4. The largest absolute Gasteiger partial charge is 0.334 e. The van der Waals surface area contributed by atoms with Crippen LogP contribution in [0.15, 0.2) is 6.07 Å². The second-order valence-electron chi connectivity index (χ2n) is 6.22. The fourth-order valence-electron chi connectivity index (χ4n) is 3.19. The molecule has 3 rings (SSSR count). The Morgan fingerprint density at radius 2 is 1.89 bits per heavy atom. The van der Waals surface area contributed by atoms with Crippen LogP contribution in [0.4, 0.5) is 17.6 Å². The number of nitrogens with zero attached hydrogens (tertiary/aromatic N) is 1. The summed E-state index contributed by atoms with van der Waals surface area (Å²) < 4.78 is 80.8. The van der Waals surface area contributed by atoms with Gasteiger partial charge < -0.3 is 9.55 Å². The van der Waals surface area contributed by atoms with Crippen molar-refractivity contribution in [3.05, 3.63) is 51.1 Å². The molecule has 0 spiro atoms. The normalized spacial score (nSPS) is 16.4. The van der Waals surface area contributed by atoms with E-state index >= 15 is 0 Å². The molecule has 2 N–H and O–H groups in total. The summed E-state index contributed by atoms with van der Waals surface area (Å²) >= 11 is 5.10. The summed E-state index contributed by atoms with van der Waals surface area (Å²) in [6.45, 7) is -0.0465. The highest BCUT2D eigenvalue weighted by molar-refractivity contribution is 7.89. The molecule has 1 amide bonds. The molecule has 27 heavy (non-hydrogen) atoms. The van der Waals surface area contributed by atoms with Crippen molar-refractivity contribution < 1.29 is 30.8 Å². The topological polar surface area (TPSA) is 84.0 Å². The molecule has 0 unspecified atom stereocenters. The van der Waals surface area contributed by atoms with Crippen molar-refractivity contribution in [3.8, 4) is 0 Å². The highest BCUT2D eigenvalue weighted by Crippen LogP contribution is 2.36. The minimum Gasteiger partial charge on any atom is -0.334 e. The zero-order valence-electron chi connectivity index (χ0n) is 13.8. The lowest BCUT2D eigenvalue weighted by atomic mass is 9.94. The number of amides is 1. The molecule has 1 aromatic carbocycles. The van der Waals surface area contributed by atoms with Crippen LogP contribution in [0.1, 0.15) is 22.9 Å². The van der Waals surface area contributed by atoms with Gasteiger partial charge in [0.1, 0.15) is 0 Å². The molecule has 1 atom stereocenters. The molecule has 2 aromatic rings. The first kappa shape index (κ1) is 19.5. The quantitative estimate of drug-likeness (QED) is 0.448. The second kappa shape index (κ2) is 6.75. The molecule has 0 fully saturated rings. The van der Waals surface area contributed by atoms with Gasteiger partial charge >= 0.3 is 0 Å². The number of carbonyl (C=O) groups is 1. The molecule has 0 bridgehead atoms. The highest BCUT2D eigenvalue weighted by Gasteiger charge is 2.33. The number of aromatic nitrogens is 2. The lowest BCUT2D eigenvalue weighted by molar-refractivity contribution is -0.118. The van der Waals surface area contributed by atoms with Crippen molar-refractivity contribution in [2.75, 3.05) is 6.26 Å². The number of carbonyl (C=O) groups excluding carboxylic acids is 1. The van der Waals surface area contributed by atoms with Gasteiger partial charge in [0.25, 0.3) is 0 Å². The molecule has 0 aliphatic carbocycles. The Hall–Kier alpha value is -2.21. The number of H-pyrrole nitrogens is 1. The molecular weight excluding hydrogens is 410 g/mol. The first-order valence-electron chi connectivity index (χ1n) is 7.62. The molecule has 6 nitrogen and oxygen atoms in total. The van der Waals surface area contributed by atoms with E-state index in [-0.39, 0.29) is 35.9 Å². The molecule has 0 saturated carbocycles. The standard InChI is InChI=1S/C15H13F4N3O3S2/c1-27(24,25)21-11(23)4-9-10-2-6(5-22(10)15(26)20-9)12-13(18)7(16)3-8(17)14(12)19/h3,6H,2,4-5H2,1H3,(H,20,26)(H,21,23)/t6-/m0/s1. The molecule has 1 aromatic heterocycles. The first-order valence-corrected chi connectivity index (χ1v) is 9.92. The number of fused-ring (bicyclic) bond motifs is 1. The van der Waals surface area contributed by atoms with Crippen LogP contribution < -0.4 is 4.72 Å². The summed E-state index contributed by atoms with van der Waals surface area (Å²) in [7, 11) is -3.75. The smallest absolute Gasteiger partial charge is 0.239 e. The molecule has 12 heteroatoms. The van der Waals surface area contributed by atoms with Gasteiger partial charge in [0.2, 0.25) is 15.9 Å². The van der Waals surface area contributed by atoms with Crippen molar-refractivity contribution >= 4 is 28.1 Å². The van der Waals surface area contributed by atoms with E-state index in [2.05, 4.69) is 4.98 Å². The van der Waals surface area contributed by atoms with Gasteiger partial charge in [0.15, 0.2) is 28.0 Å². The lowest BCUT2D eigenvalue weighted by Gasteiger charge is -2.13. The predicted molar refractivity (Wildman–Crippen MR) is 89.0 cm³/mol. The maximum Gasteiger partial charge on any atom is 0.239 e. The summed E-state index contributed by atoms with van der Waals surface area (Å²) in [6.07, 6.45) is 0.414. The fourth-order valence-corrected chi connectivity index (χ4v) is 3.99. The van der Waals surface area contributed by atoms with Crippen LogP contribution in [-0.2, 0) is 34.2 Å². The molecule has 146 valence electrons. The Kier molecular flexibility index (Phi) is 4.89. The Balaban J connectivity index is 1.93. The SMILES string of the molecule is CS(=O)(=O)NC(=O)Cc1[nH]c(=S)n2c1C[C@H](c1c(F)c(F)cc(F)c1F)C2. The second-order valence-corrected chi connectivity index (χ2v) is 8.36.